The van der Waals surface area contributed by atoms with Gasteiger partial charge >= 0.3 is 12.1 Å². The first-order valence-corrected chi connectivity index (χ1v) is 9.19. The number of ether oxygens (including phenoxy) is 1. The predicted molar refractivity (Wildman–Crippen MR) is 99.4 cm³/mol. The molecule has 0 spiro atoms. The Morgan fingerprint density at radius 1 is 1.38 bits per heavy atom. The molecule has 0 bridgehead atoms. The molecular weight excluding hydrogens is 360 g/mol. The van der Waals surface area contributed by atoms with E-state index in [0.717, 1.165) is 5.56 Å². The van der Waals surface area contributed by atoms with Gasteiger partial charge in [0.2, 0.25) is 0 Å². The topological polar surface area (TPSA) is 119 Å². The Balaban J connectivity index is 2.54. The van der Waals surface area contributed by atoms with Crippen molar-refractivity contribution in [2.24, 2.45) is 0 Å². The maximum Gasteiger partial charge on any atom is 0.408 e. The number of nitro groups is 1. The highest BCUT2D eigenvalue weighted by molar-refractivity contribution is 7.98. The van der Waals surface area contributed by atoms with Crippen molar-refractivity contribution in [2.75, 3.05) is 5.75 Å². The average Bonchev–Trinajstić information content (AvgIpc) is 2.49. The van der Waals surface area contributed by atoms with Crippen LogP contribution >= 0.6 is 11.8 Å². The van der Waals surface area contributed by atoms with Gasteiger partial charge in [-0.25, -0.2) is 9.59 Å². The number of amides is 1. The number of nitrogens with one attached hydrogen (secondary N) is 1. The molecule has 0 heterocycles. The Labute approximate surface area is 156 Å². The fourth-order valence-corrected chi connectivity index (χ4v) is 3.19. The molecule has 0 aromatic heterocycles. The summed E-state index contributed by atoms with van der Waals surface area (Å²) in [5.74, 6) is -0.149. The number of carboxylic acids is 1. The molecule has 9 heteroatoms. The maximum absolute atomic E-state index is 11.7. The molecule has 1 aromatic rings. The highest BCUT2D eigenvalue weighted by Crippen LogP contribution is 2.24. The second kappa shape index (κ2) is 9.42. The van der Waals surface area contributed by atoms with Gasteiger partial charge in [-0.2, -0.15) is 11.8 Å². The van der Waals surface area contributed by atoms with Crippen molar-refractivity contribution in [2.45, 2.75) is 51.5 Å². The summed E-state index contributed by atoms with van der Waals surface area (Å²) in [7, 11) is 0. The quantitative estimate of drug-likeness (QED) is 0.400. The summed E-state index contributed by atoms with van der Waals surface area (Å²) in [5.41, 5.74) is 0.794. The maximum atomic E-state index is 11.7. The van der Waals surface area contributed by atoms with Crippen LogP contribution < -0.4 is 5.32 Å². The van der Waals surface area contributed by atoms with Crippen molar-refractivity contribution in [3.8, 4) is 0 Å². The molecule has 1 aromatic carbocycles. The third-order valence-corrected chi connectivity index (χ3v) is 4.45. The molecule has 0 aliphatic heterocycles. The molecule has 0 fully saturated rings. The van der Waals surface area contributed by atoms with Gasteiger partial charge < -0.3 is 15.2 Å². The summed E-state index contributed by atoms with van der Waals surface area (Å²) < 4.78 is 5.06. The second-order valence-corrected chi connectivity index (χ2v) is 7.80. The molecule has 1 amide bonds. The number of carbonyl (C=O) groups is 2. The van der Waals surface area contributed by atoms with Crippen LogP contribution in [-0.2, 0) is 15.3 Å². The van der Waals surface area contributed by atoms with Gasteiger partial charge in [-0.3, -0.25) is 10.1 Å². The minimum absolute atomic E-state index is 0.0677. The minimum atomic E-state index is -1.14. The molecule has 0 aliphatic rings. The third-order valence-electron chi connectivity index (χ3n) is 3.41. The molecule has 144 valence electrons. The molecule has 0 saturated heterocycles. The Morgan fingerprint density at radius 2 is 2.04 bits per heavy atom. The molecule has 1 unspecified atom stereocenters. The number of rotatable bonds is 8. The monoisotopic (exact) mass is 384 g/mol. The summed E-state index contributed by atoms with van der Waals surface area (Å²) in [6.07, 6.45) is -0.558. The summed E-state index contributed by atoms with van der Waals surface area (Å²) >= 11 is 1.45. The number of nitrogens with zero attached hydrogens (tertiary/aromatic N) is 1. The van der Waals surface area contributed by atoms with E-state index >= 15 is 0 Å². The van der Waals surface area contributed by atoms with Crippen molar-refractivity contribution >= 4 is 29.5 Å². The number of aliphatic carboxylic acids is 1. The highest BCUT2D eigenvalue weighted by atomic mass is 32.2. The average molecular weight is 384 g/mol. The Morgan fingerprint density at radius 3 is 2.58 bits per heavy atom. The van der Waals surface area contributed by atoms with E-state index in [4.69, 9.17) is 4.74 Å². The summed E-state index contributed by atoms with van der Waals surface area (Å²) in [6, 6.07) is 3.84. The van der Waals surface area contributed by atoms with E-state index in [-0.39, 0.29) is 12.1 Å². The van der Waals surface area contributed by atoms with Gasteiger partial charge in [-0.1, -0.05) is 12.1 Å². The number of hydrogen-bond donors (Lipinski definition) is 2. The zero-order chi connectivity index (χ0) is 19.9. The molecule has 1 atom stereocenters. The lowest BCUT2D eigenvalue weighted by atomic mass is 10.1. The molecule has 26 heavy (non-hydrogen) atoms. The van der Waals surface area contributed by atoms with Gasteiger partial charge in [-0.05, 0) is 45.4 Å². The van der Waals surface area contributed by atoms with Gasteiger partial charge in [-0.15, -0.1) is 0 Å². The number of alkyl carbamates (subject to hydrolysis) is 1. The van der Waals surface area contributed by atoms with Crippen LogP contribution in [0.15, 0.2) is 18.2 Å². The summed E-state index contributed by atoms with van der Waals surface area (Å²) in [4.78, 5) is 33.5. The number of benzene rings is 1. The Bertz CT molecular complexity index is 672. The van der Waals surface area contributed by atoms with Crippen molar-refractivity contribution < 1.29 is 24.4 Å². The largest absolute Gasteiger partial charge is 0.480 e. The molecule has 1 rings (SSSR count). The van der Waals surface area contributed by atoms with Crippen molar-refractivity contribution in [3.05, 3.63) is 39.4 Å². The van der Waals surface area contributed by atoms with Crippen molar-refractivity contribution in [1.29, 1.82) is 0 Å². The molecular formula is C17H24N2O6S. The van der Waals surface area contributed by atoms with Gasteiger partial charge in [0.15, 0.2) is 0 Å². The van der Waals surface area contributed by atoms with Gasteiger partial charge in [0.25, 0.3) is 5.69 Å². The highest BCUT2D eigenvalue weighted by Gasteiger charge is 2.23. The molecule has 0 radical (unpaired) electrons. The first-order chi connectivity index (χ1) is 12.0. The zero-order valence-electron chi connectivity index (χ0n) is 15.3. The lowest BCUT2D eigenvalue weighted by Gasteiger charge is -2.22. The van der Waals surface area contributed by atoms with E-state index in [2.05, 4.69) is 5.32 Å². The van der Waals surface area contributed by atoms with E-state index in [1.54, 1.807) is 33.8 Å². The van der Waals surface area contributed by atoms with E-state index in [1.807, 2.05) is 6.07 Å². The molecule has 8 nitrogen and oxygen atoms in total. The zero-order valence-corrected chi connectivity index (χ0v) is 16.1. The van der Waals surface area contributed by atoms with Crippen molar-refractivity contribution in [3.63, 3.8) is 0 Å². The van der Waals surface area contributed by atoms with Crippen LogP contribution in [0.1, 0.15) is 38.3 Å². The number of carbonyl (C=O) groups excluding carboxylic acids is 1. The summed E-state index contributed by atoms with van der Waals surface area (Å²) in [6.45, 7) is 6.77. The van der Waals surface area contributed by atoms with Gasteiger partial charge in [0, 0.05) is 17.4 Å². The third kappa shape index (κ3) is 7.30. The number of nitro benzene ring substituents is 1. The second-order valence-electron chi connectivity index (χ2n) is 6.70. The number of carboxylic acid groups (broad SMARTS) is 1. The van der Waals surface area contributed by atoms with E-state index in [1.165, 1.54) is 17.8 Å². The van der Waals surface area contributed by atoms with E-state index in [0.29, 0.717) is 17.1 Å². The van der Waals surface area contributed by atoms with Crippen LogP contribution in [0.25, 0.3) is 0 Å². The number of hydrogen-bond acceptors (Lipinski definition) is 6. The van der Waals surface area contributed by atoms with Crippen LogP contribution in [-0.4, -0.2) is 39.5 Å². The Kier molecular flexibility index (Phi) is 7.88. The van der Waals surface area contributed by atoms with Gasteiger partial charge in [0.1, 0.15) is 11.6 Å². The smallest absolute Gasteiger partial charge is 0.408 e. The fourth-order valence-electron chi connectivity index (χ4n) is 2.11. The normalized spacial score (nSPS) is 12.3. The predicted octanol–water partition coefficient (Wildman–Crippen LogP) is 3.50. The van der Waals surface area contributed by atoms with E-state index < -0.39 is 28.6 Å². The van der Waals surface area contributed by atoms with Crippen LogP contribution in [0.3, 0.4) is 0 Å². The first kappa shape index (κ1) is 21.8. The van der Waals surface area contributed by atoms with Crippen LogP contribution in [0, 0.1) is 17.0 Å². The van der Waals surface area contributed by atoms with E-state index in [9.17, 15) is 24.8 Å². The molecule has 0 aliphatic carbocycles. The standard InChI is InChI=1S/C17H24N2O6S/c1-11-12(6-5-7-14(11)19(23)24)10-26-9-8-13(15(20)21)18-16(22)25-17(2,3)4/h5-7,13H,8-10H2,1-4H3,(H,18,22)(H,20,21). The van der Waals surface area contributed by atoms with Gasteiger partial charge in [0.05, 0.1) is 4.92 Å². The first-order valence-electron chi connectivity index (χ1n) is 8.04. The molecule has 0 saturated carbocycles. The summed E-state index contributed by atoms with van der Waals surface area (Å²) in [5, 5.41) is 22.5. The van der Waals surface area contributed by atoms with Crippen molar-refractivity contribution in [1.82, 2.24) is 5.32 Å². The molecule has 2 N–H and O–H groups in total. The SMILES string of the molecule is Cc1c(CSCCC(NC(=O)OC(C)(C)C)C(=O)O)cccc1[N+](=O)[O-]. The fraction of sp³-hybridized carbons (Fsp3) is 0.529. The lowest BCUT2D eigenvalue weighted by molar-refractivity contribution is -0.385. The Hall–Kier alpha value is -2.29. The van der Waals surface area contributed by atoms with Crippen LogP contribution in [0.4, 0.5) is 10.5 Å². The van der Waals surface area contributed by atoms with Crippen LogP contribution in [0.5, 0.6) is 0 Å². The minimum Gasteiger partial charge on any atom is -0.480 e. The van der Waals surface area contributed by atoms with Crippen LogP contribution in [0.2, 0.25) is 0 Å². The number of thioether (sulfide) groups is 1. The lowest BCUT2D eigenvalue weighted by Crippen LogP contribution is -2.43.